The van der Waals surface area contributed by atoms with Gasteiger partial charge >= 0.3 is 0 Å². The van der Waals surface area contributed by atoms with E-state index >= 15 is 0 Å². The van der Waals surface area contributed by atoms with Crippen molar-refractivity contribution in [1.82, 2.24) is 10.5 Å². The molecule has 0 unspecified atom stereocenters. The molecule has 0 radical (unpaired) electrons. The fourth-order valence-corrected chi connectivity index (χ4v) is 1.23. The number of hydrogen-bond donors (Lipinski definition) is 1. The molecule has 0 atom stereocenters. The fourth-order valence-electron chi connectivity index (χ4n) is 0.632. The van der Waals surface area contributed by atoms with Gasteiger partial charge in [0.15, 0.2) is 0 Å². The molecule has 0 saturated carbocycles. The Labute approximate surface area is 55.9 Å². The summed E-state index contributed by atoms with van der Waals surface area (Å²) in [4.78, 5) is 9.01. The van der Waals surface area contributed by atoms with Crippen molar-refractivity contribution >= 4 is 17.4 Å². The van der Waals surface area contributed by atoms with Gasteiger partial charge in [0, 0.05) is 6.20 Å². The van der Waals surface area contributed by atoms with Crippen molar-refractivity contribution in [2.24, 2.45) is 0 Å². The first-order valence-corrected chi connectivity index (χ1v) is 3.37. The van der Waals surface area contributed by atoms with Gasteiger partial charge in [-0.3, -0.25) is 0 Å². The van der Waals surface area contributed by atoms with E-state index in [0.717, 1.165) is 10.8 Å². The molecule has 9 heavy (non-hydrogen) atoms. The zero-order valence-electron chi connectivity index (χ0n) is 4.50. The molecule has 1 N–H and O–H groups in total. The molecule has 0 amide bonds. The van der Waals surface area contributed by atoms with E-state index in [-0.39, 0.29) is 0 Å². The second-order valence-corrected chi connectivity index (χ2v) is 2.40. The molecular formula is C5H4N2OS. The fraction of sp³-hybridized carbons (Fsp3) is 0. The van der Waals surface area contributed by atoms with Crippen LogP contribution in [-0.2, 0) is 0 Å². The highest BCUT2D eigenvalue weighted by atomic mass is 32.1. The monoisotopic (exact) mass is 140 g/mol. The van der Waals surface area contributed by atoms with Gasteiger partial charge in [0.2, 0.25) is 5.06 Å². The Kier molecular flexibility index (Phi) is 0.927. The first kappa shape index (κ1) is 4.81. The van der Waals surface area contributed by atoms with Crippen LogP contribution in [0.1, 0.15) is 5.69 Å². The number of hydrogen-bond acceptors (Lipinski definition) is 4. The molecule has 46 valence electrons. The SMILES string of the molecule is C1=Cc2ncsc2ON1. The van der Waals surface area contributed by atoms with Crippen LogP contribution in [0, 0.1) is 0 Å². The smallest absolute Gasteiger partial charge is 0.235 e. The summed E-state index contributed by atoms with van der Waals surface area (Å²) < 4.78 is 0. The lowest BCUT2D eigenvalue weighted by molar-refractivity contribution is 0.247. The Morgan fingerprint density at radius 1 is 1.67 bits per heavy atom. The molecule has 4 heteroatoms. The lowest BCUT2D eigenvalue weighted by atomic mass is 10.4. The molecule has 1 aromatic rings. The first-order chi connectivity index (χ1) is 4.47. The van der Waals surface area contributed by atoms with Crippen LogP contribution >= 0.6 is 11.3 Å². The van der Waals surface area contributed by atoms with Gasteiger partial charge in [-0.2, -0.15) is 0 Å². The standard InChI is InChI=1S/C5H4N2OS/c1-2-7-8-5-4(1)6-3-9-5/h1-3,7H. The van der Waals surface area contributed by atoms with E-state index in [4.69, 9.17) is 4.84 Å². The van der Waals surface area contributed by atoms with Crippen LogP contribution in [0.4, 0.5) is 0 Å². The van der Waals surface area contributed by atoms with E-state index in [2.05, 4.69) is 10.5 Å². The summed E-state index contributed by atoms with van der Waals surface area (Å²) in [5.41, 5.74) is 5.27. The third-order valence-corrected chi connectivity index (χ3v) is 1.74. The summed E-state index contributed by atoms with van der Waals surface area (Å²) >= 11 is 1.48. The molecule has 1 aliphatic rings. The van der Waals surface area contributed by atoms with E-state index in [1.54, 1.807) is 11.7 Å². The largest absolute Gasteiger partial charge is 0.369 e. The number of rotatable bonds is 0. The van der Waals surface area contributed by atoms with Crippen molar-refractivity contribution in [2.75, 3.05) is 0 Å². The Morgan fingerprint density at radius 2 is 2.67 bits per heavy atom. The summed E-state index contributed by atoms with van der Waals surface area (Å²) in [5, 5.41) is 0.831. The maximum Gasteiger partial charge on any atom is 0.235 e. The summed E-state index contributed by atoms with van der Waals surface area (Å²) in [6.45, 7) is 0. The average molecular weight is 140 g/mol. The molecule has 1 aromatic heterocycles. The molecule has 0 spiro atoms. The van der Waals surface area contributed by atoms with Gasteiger partial charge in [-0.1, -0.05) is 11.3 Å². The quantitative estimate of drug-likeness (QED) is 0.584. The van der Waals surface area contributed by atoms with Gasteiger partial charge in [-0.05, 0) is 6.08 Å². The molecule has 2 heterocycles. The van der Waals surface area contributed by atoms with Crippen molar-refractivity contribution in [1.29, 1.82) is 0 Å². The number of thiazole rings is 1. The highest BCUT2D eigenvalue weighted by molar-refractivity contribution is 7.11. The molecule has 3 nitrogen and oxygen atoms in total. The van der Waals surface area contributed by atoms with Crippen LogP contribution in [0.3, 0.4) is 0 Å². The van der Waals surface area contributed by atoms with E-state index in [1.165, 1.54) is 11.3 Å². The van der Waals surface area contributed by atoms with Crippen LogP contribution in [0.5, 0.6) is 5.06 Å². The Hall–Kier alpha value is -1.03. The minimum Gasteiger partial charge on any atom is -0.369 e. The first-order valence-electron chi connectivity index (χ1n) is 2.49. The second kappa shape index (κ2) is 1.73. The summed E-state index contributed by atoms with van der Waals surface area (Å²) in [7, 11) is 0. The number of nitrogens with zero attached hydrogens (tertiary/aromatic N) is 1. The topological polar surface area (TPSA) is 34.1 Å². The van der Waals surface area contributed by atoms with Crippen molar-refractivity contribution in [3.8, 4) is 5.06 Å². The van der Waals surface area contributed by atoms with Gasteiger partial charge in [0.25, 0.3) is 0 Å². The van der Waals surface area contributed by atoms with Gasteiger partial charge in [-0.25, -0.2) is 10.5 Å². The van der Waals surface area contributed by atoms with E-state index in [1.807, 2.05) is 6.08 Å². The number of nitrogens with one attached hydrogen (secondary N) is 1. The predicted molar refractivity (Wildman–Crippen MR) is 34.9 cm³/mol. The minimum absolute atomic E-state index is 0.831. The third-order valence-electron chi connectivity index (χ3n) is 1.02. The van der Waals surface area contributed by atoms with Crippen molar-refractivity contribution in [2.45, 2.75) is 0 Å². The summed E-state index contributed by atoms with van der Waals surface area (Å²) in [6, 6.07) is 0. The molecule has 0 bridgehead atoms. The lowest BCUT2D eigenvalue weighted by Gasteiger charge is -2.04. The zero-order chi connectivity index (χ0) is 6.10. The van der Waals surface area contributed by atoms with E-state index in [0.29, 0.717) is 0 Å². The number of hydroxylamine groups is 1. The molecule has 0 aromatic carbocycles. The average Bonchev–Trinajstić information content (AvgIpc) is 2.33. The maximum atomic E-state index is 4.98. The molecule has 1 aliphatic heterocycles. The highest BCUT2D eigenvalue weighted by Crippen LogP contribution is 2.24. The van der Waals surface area contributed by atoms with Gasteiger partial charge in [-0.15, -0.1) is 0 Å². The van der Waals surface area contributed by atoms with Crippen LogP contribution in [-0.4, -0.2) is 4.98 Å². The number of aromatic nitrogens is 1. The minimum atomic E-state index is 0.831. The normalized spacial score (nSPS) is 13.8. The van der Waals surface area contributed by atoms with Gasteiger partial charge in [0.05, 0.1) is 5.51 Å². The molecular weight excluding hydrogens is 136 g/mol. The molecule has 0 saturated heterocycles. The van der Waals surface area contributed by atoms with Crippen molar-refractivity contribution in [3.05, 3.63) is 17.4 Å². The van der Waals surface area contributed by atoms with E-state index < -0.39 is 0 Å². The zero-order valence-corrected chi connectivity index (χ0v) is 5.31. The predicted octanol–water partition coefficient (Wildman–Crippen LogP) is 1.01. The van der Waals surface area contributed by atoms with Crippen LogP contribution < -0.4 is 10.3 Å². The van der Waals surface area contributed by atoms with Crippen LogP contribution in [0.15, 0.2) is 11.7 Å². The Morgan fingerprint density at radius 3 is 3.56 bits per heavy atom. The van der Waals surface area contributed by atoms with Crippen LogP contribution in [0.25, 0.3) is 6.08 Å². The van der Waals surface area contributed by atoms with Crippen molar-refractivity contribution in [3.63, 3.8) is 0 Å². The third kappa shape index (κ3) is 0.675. The Balaban J connectivity index is 2.53. The number of fused-ring (bicyclic) bond motifs is 1. The highest BCUT2D eigenvalue weighted by Gasteiger charge is 2.06. The molecule has 0 aliphatic carbocycles. The molecule has 0 fully saturated rings. The van der Waals surface area contributed by atoms with Gasteiger partial charge in [0.1, 0.15) is 5.69 Å². The second-order valence-electron chi connectivity index (χ2n) is 1.58. The van der Waals surface area contributed by atoms with Crippen molar-refractivity contribution < 1.29 is 4.84 Å². The van der Waals surface area contributed by atoms with Crippen LogP contribution in [0.2, 0.25) is 0 Å². The lowest BCUT2D eigenvalue weighted by Crippen LogP contribution is -2.12. The molecule has 2 rings (SSSR count). The van der Waals surface area contributed by atoms with Gasteiger partial charge < -0.3 is 4.84 Å². The summed E-state index contributed by atoms with van der Waals surface area (Å²) in [5.74, 6) is 0. The Bertz CT molecular complexity index is 243. The van der Waals surface area contributed by atoms with E-state index in [9.17, 15) is 0 Å². The summed E-state index contributed by atoms with van der Waals surface area (Å²) in [6.07, 6.45) is 3.58. The maximum absolute atomic E-state index is 4.98.